The maximum absolute atomic E-state index is 6.11. The summed E-state index contributed by atoms with van der Waals surface area (Å²) in [6, 6.07) is 4.27. The van der Waals surface area contributed by atoms with Crippen molar-refractivity contribution >= 4 is 11.8 Å². The molecule has 3 nitrogen and oxygen atoms in total. The lowest BCUT2D eigenvalue weighted by molar-refractivity contribution is 0.182. The highest BCUT2D eigenvalue weighted by Gasteiger charge is 2.22. The van der Waals surface area contributed by atoms with Crippen molar-refractivity contribution in [1.29, 1.82) is 0 Å². The van der Waals surface area contributed by atoms with Crippen LogP contribution in [0.25, 0.3) is 0 Å². The number of aromatic nitrogens is 1. The molecule has 1 fully saturated rings. The van der Waals surface area contributed by atoms with Gasteiger partial charge in [0.05, 0.1) is 6.61 Å². The van der Waals surface area contributed by atoms with E-state index in [0.29, 0.717) is 5.92 Å². The molecule has 82 valence electrons. The molecule has 1 aromatic heterocycles. The molecule has 0 saturated carbocycles. The molecule has 4 heteroatoms. The van der Waals surface area contributed by atoms with E-state index >= 15 is 0 Å². The van der Waals surface area contributed by atoms with Crippen LogP contribution in [0.2, 0.25) is 0 Å². The van der Waals surface area contributed by atoms with Crippen molar-refractivity contribution in [3.63, 3.8) is 0 Å². The van der Waals surface area contributed by atoms with Gasteiger partial charge in [0.15, 0.2) is 0 Å². The minimum absolute atomic E-state index is 0.241. The molecule has 15 heavy (non-hydrogen) atoms. The van der Waals surface area contributed by atoms with Gasteiger partial charge in [-0.05, 0) is 18.6 Å². The normalized spacial score (nSPS) is 22.9. The summed E-state index contributed by atoms with van der Waals surface area (Å²) >= 11 is 1.79. The van der Waals surface area contributed by atoms with Crippen molar-refractivity contribution in [2.75, 3.05) is 19.0 Å². The van der Waals surface area contributed by atoms with Crippen LogP contribution in [0.3, 0.4) is 0 Å². The zero-order chi connectivity index (χ0) is 10.5. The SMILES string of the molecule is NC(CSc1ccncc1)C1CCOC1. The van der Waals surface area contributed by atoms with Crippen LogP contribution in [-0.4, -0.2) is 30.0 Å². The molecule has 1 aliphatic heterocycles. The molecular formula is C11H16N2OS. The molecule has 0 aliphatic carbocycles. The summed E-state index contributed by atoms with van der Waals surface area (Å²) in [4.78, 5) is 5.22. The second kappa shape index (κ2) is 5.49. The first-order valence-electron chi connectivity index (χ1n) is 5.22. The minimum Gasteiger partial charge on any atom is -0.381 e. The molecular weight excluding hydrogens is 208 g/mol. The van der Waals surface area contributed by atoms with E-state index in [4.69, 9.17) is 10.5 Å². The fraction of sp³-hybridized carbons (Fsp3) is 0.545. The van der Waals surface area contributed by atoms with Gasteiger partial charge in [0, 0.05) is 41.6 Å². The van der Waals surface area contributed by atoms with Crippen molar-refractivity contribution in [3.05, 3.63) is 24.5 Å². The van der Waals surface area contributed by atoms with E-state index in [1.54, 1.807) is 11.8 Å². The zero-order valence-electron chi connectivity index (χ0n) is 8.63. The van der Waals surface area contributed by atoms with Crippen LogP contribution in [0, 0.1) is 5.92 Å². The summed E-state index contributed by atoms with van der Waals surface area (Å²) in [6.45, 7) is 1.70. The maximum atomic E-state index is 6.11. The lowest BCUT2D eigenvalue weighted by Crippen LogP contribution is -2.32. The number of ether oxygens (including phenoxy) is 1. The molecule has 0 amide bonds. The highest BCUT2D eigenvalue weighted by Crippen LogP contribution is 2.22. The maximum Gasteiger partial charge on any atom is 0.0510 e. The van der Waals surface area contributed by atoms with Gasteiger partial charge in [-0.1, -0.05) is 0 Å². The average Bonchev–Trinajstić information content (AvgIpc) is 2.81. The minimum atomic E-state index is 0.241. The molecule has 1 aliphatic rings. The van der Waals surface area contributed by atoms with Crippen molar-refractivity contribution in [1.82, 2.24) is 4.98 Å². The van der Waals surface area contributed by atoms with Gasteiger partial charge in [0.1, 0.15) is 0 Å². The summed E-state index contributed by atoms with van der Waals surface area (Å²) in [5, 5.41) is 0. The Bertz CT molecular complexity index is 288. The Kier molecular flexibility index (Phi) is 4.00. The predicted octanol–water partition coefficient (Wildman–Crippen LogP) is 1.54. The Hall–Kier alpha value is -0.580. The lowest BCUT2D eigenvalue weighted by Gasteiger charge is -2.16. The molecule has 2 N–H and O–H groups in total. The Balaban J connectivity index is 1.77. The van der Waals surface area contributed by atoms with E-state index in [0.717, 1.165) is 25.4 Å². The first-order valence-corrected chi connectivity index (χ1v) is 6.21. The van der Waals surface area contributed by atoms with Gasteiger partial charge in [-0.15, -0.1) is 11.8 Å². The largest absolute Gasteiger partial charge is 0.381 e. The van der Waals surface area contributed by atoms with Crippen LogP contribution in [-0.2, 0) is 4.74 Å². The summed E-state index contributed by atoms with van der Waals surface area (Å²) in [5.74, 6) is 1.50. The van der Waals surface area contributed by atoms with Gasteiger partial charge in [0.25, 0.3) is 0 Å². The topological polar surface area (TPSA) is 48.1 Å². The summed E-state index contributed by atoms with van der Waals surface area (Å²) in [7, 11) is 0. The first kappa shape index (κ1) is 10.9. The molecule has 0 spiro atoms. The fourth-order valence-corrected chi connectivity index (χ4v) is 2.62. The van der Waals surface area contributed by atoms with E-state index in [9.17, 15) is 0 Å². The fourth-order valence-electron chi connectivity index (χ4n) is 1.65. The van der Waals surface area contributed by atoms with Crippen LogP contribution in [0.1, 0.15) is 6.42 Å². The second-order valence-electron chi connectivity index (χ2n) is 3.78. The van der Waals surface area contributed by atoms with Gasteiger partial charge < -0.3 is 10.5 Å². The van der Waals surface area contributed by atoms with E-state index in [2.05, 4.69) is 4.98 Å². The van der Waals surface area contributed by atoms with Crippen molar-refractivity contribution in [3.8, 4) is 0 Å². The molecule has 1 aromatic rings. The Morgan fingerprint density at radius 2 is 2.33 bits per heavy atom. The third kappa shape index (κ3) is 3.19. The van der Waals surface area contributed by atoms with Crippen LogP contribution in [0.5, 0.6) is 0 Å². The smallest absolute Gasteiger partial charge is 0.0510 e. The quantitative estimate of drug-likeness (QED) is 0.788. The van der Waals surface area contributed by atoms with Crippen molar-refractivity contribution in [2.24, 2.45) is 11.7 Å². The van der Waals surface area contributed by atoms with Gasteiger partial charge in [-0.25, -0.2) is 0 Å². The Morgan fingerprint density at radius 1 is 1.53 bits per heavy atom. The molecule has 2 unspecified atom stereocenters. The highest BCUT2D eigenvalue weighted by atomic mass is 32.2. The number of hydrogen-bond acceptors (Lipinski definition) is 4. The lowest BCUT2D eigenvalue weighted by atomic mass is 10.0. The monoisotopic (exact) mass is 224 g/mol. The Morgan fingerprint density at radius 3 is 3.00 bits per heavy atom. The van der Waals surface area contributed by atoms with Crippen LogP contribution >= 0.6 is 11.8 Å². The number of thioether (sulfide) groups is 1. The average molecular weight is 224 g/mol. The standard InChI is InChI=1S/C11H16N2OS/c12-11(9-3-6-14-7-9)8-15-10-1-4-13-5-2-10/h1-2,4-5,9,11H,3,6-8,12H2. The zero-order valence-corrected chi connectivity index (χ0v) is 9.45. The van der Waals surface area contributed by atoms with E-state index in [-0.39, 0.29) is 6.04 Å². The van der Waals surface area contributed by atoms with Gasteiger partial charge in [0.2, 0.25) is 0 Å². The summed E-state index contributed by atoms with van der Waals surface area (Å²) in [5.41, 5.74) is 6.11. The summed E-state index contributed by atoms with van der Waals surface area (Å²) in [6.07, 6.45) is 4.73. The molecule has 2 atom stereocenters. The van der Waals surface area contributed by atoms with E-state index in [1.807, 2.05) is 24.5 Å². The van der Waals surface area contributed by atoms with E-state index in [1.165, 1.54) is 4.90 Å². The number of nitrogens with zero attached hydrogens (tertiary/aromatic N) is 1. The molecule has 2 heterocycles. The third-order valence-corrected chi connectivity index (χ3v) is 3.82. The van der Waals surface area contributed by atoms with Crippen LogP contribution in [0.15, 0.2) is 29.4 Å². The van der Waals surface area contributed by atoms with E-state index < -0.39 is 0 Å². The van der Waals surface area contributed by atoms with Crippen molar-refractivity contribution < 1.29 is 4.74 Å². The molecule has 1 saturated heterocycles. The molecule has 2 rings (SSSR count). The number of hydrogen-bond donors (Lipinski definition) is 1. The van der Waals surface area contributed by atoms with Gasteiger partial charge in [-0.3, -0.25) is 4.98 Å². The highest BCUT2D eigenvalue weighted by molar-refractivity contribution is 7.99. The third-order valence-electron chi connectivity index (χ3n) is 2.66. The van der Waals surface area contributed by atoms with Crippen LogP contribution in [0.4, 0.5) is 0 Å². The Labute approximate surface area is 94.4 Å². The number of pyridine rings is 1. The van der Waals surface area contributed by atoms with Crippen LogP contribution < -0.4 is 5.73 Å². The van der Waals surface area contributed by atoms with Gasteiger partial charge in [-0.2, -0.15) is 0 Å². The predicted molar refractivity (Wildman–Crippen MR) is 61.9 cm³/mol. The second-order valence-corrected chi connectivity index (χ2v) is 4.87. The number of nitrogens with two attached hydrogens (primary N) is 1. The number of rotatable bonds is 4. The van der Waals surface area contributed by atoms with Crippen molar-refractivity contribution in [2.45, 2.75) is 17.4 Å². The molecule has 0 bridgehead atoms. The molecule has 0 radical (unpaired) electrons. The van der Waals surface area contributed by atoms with Gasteiger partial charge >= 0.3 is 0 Å². The summed E-state index contributed by atoms with van der Waals surface area (Å²) < 4.78 is 5.33. The molecule has 0 aromatic carbocycles. The first-order chi connectivity index (χ1) is 7.36.